The van der Waals surface area contributed by atoms with E-state index in [0.29, 0.717) is 0 Å². The Kier molecular flexibility index (Phi) is 6.89. The zero-order chi connectivity index (χ0) is 23.6. The SMILES string of the molecule is CC(=O)Nc1nc(Cl)c2ncn(C3OC(COC(C)=O)C(OC(C)=O)C3OC(C)=O)c2n1. The van der Waals surface area contributed by atoms with Crippen molar-refractivity contribution in [3.63, 3.8) is 0 Å². The van der Waals surface area contributed by atoms with Crippen LogP contribution in [0.25, 0.3) is 11.2 Å². The highest BCUT2D eigenvalue weighted by Crippen LogP contribution is 2.36. The lowest BCUT2D eigenvalue weighted by Gasteiger charge is -2.23. The smallest absolute Gasteiger partial charge is 0.303 e. The van der Waals surface area contributed by atoms with Crippen molar-refractivity contribution in [2.45, 2.75) is 52.2 Å². The fourth-order valence-corrected chi connectivity index (χ4v) is 3.41. The highest BCUT2D eigenvalue weighted by molar-refractivity contribution is 6.33. The van der Waals surface area contributed by atoms with Gasteiger partial charge in [0.15, 0.2) is 29.2 Å². The molecule has 0 aliphatic carbocycles. The van der Waals surface area contributed by atoms with Gasteiger partial charge in [0.1, 0.15) is 18.2 Å². The summed E-state index contributed by atoms with van der Waals surface area (Å²) in [7, 11) is 0. The molecule has 0 aromatic carbocycles. The molecule has 1 N–H and O–H groups in total. The molecular weight excluding hydrogens is 450 g/mol. The predicted molar refractivity (Wildman–Crippen MR) is 106 cm³/mol. The zero-order valence-corrected chi connectivity index (χ0v) is 18.3. The average molecular weight is 470 g/mol. The predicted octanol–water partition coefficient (Wildman–Crippen LogP) is 0.762. The summed E-state index contributed by atoms with van der Waals surface area (Å²) in [4.78, 5) is 58.5. The molecule has 3 rings (SSSR count). The molecule has 13 nitrogen and oxygen atoms in total. The molecule has 0 saturated carbocycles. The number of fused-ring (bicyclic) bond motifs is 1. The maximum absolute atomic E-state index is 11.8. The highest BCUT2D eigenvalue weighted by atomic mass is 35.5. The molecule has 0 radical (unpaired) electrons. The third-order valence-electron chi connectivity index (χ3n) is 4.28. The first kappa shape index (κ1) is 23.3. The minimum absolute atomic E-state index is 0.0347. The lowest BCUT2D eigenvalue weighted by atomic mass is 10.1. The molecule has 4 atom stereocenters. The monoisotopic (exact) mass is 469 g/mol. The minimum atomic E-state index is -1.13. The maximum Gasteiger partial charge on any atom is 0.303 e. The summed E-state index contributed by atoms with van der Waals surface area (Å²) in [5, 5.41) is 2.39. The summed E-state index contributed by atoms with van der Waals surface area (Å²) in [5.41, 5.74) is 0.351. The Morgan fingerprint density at radius 1 is 1.06 bits per heavy atom. The van der Waals surface area contributed by atoms with E-state index in [4.69, 9.17) is 30.5 Å². The lowest BCUT2D eigenvalue weighted by molar-refractivity contribution is -0.166. The molecule has 32 heavy (non-hydrogen) atoms. The second kappa shape index (κ2) is 9.44. The highest BCUT2D eigenvalue weighted by Gasteiger charge is 2.51. The van der Waals surface area contributed by atoms with Gasteiger partial charge in [-0.25, -0.2) is 4.98 Å². The van der Waals surface area contributed by atoms with Gasteiger partial charge < -0.3 is 18.9 Å². The lowest BCUT2D eigenvalue weighted by Crippen LogP contribution is -2.40. The summed E-state index contributed by atoms with van der Waals surface area (Å²) >= 11 is 6.17. The molecule has 2 aromatic rings. The van der Waals surface area contributed by atoms with E-state index < -0.39 is 48.4 Å². The summed E-state index contributed by atoms with van der Waals surface area (Å²) in [6.07, 6.45) is -2.94. The van der Waals surface area contributed by atoms with Gasteiger partial charge in [-0.1, -0.05) is 11.6 Å². The Balaban J connectivity index is 2.06. The average Bonchev–Trinajstić information content (AvgIpc) is 3.21. The van der Waals surface area contributed by atoms with Gasteiger partial charge in [0.2, 0.25) is 11.9 Å². The van der Waals surface area contributed by atoms with E-state index in [1.165, 1.54) is 38.6 Å². The number of ether oxygens (including phenoxy) is 4. The number of rotatable bonds is 6. The van der Waals surface area contributed by atoms with Crippen LogP contribution in [0.15, 0.2) is 6.33 Å². The Morgan fingerprint density at radius 3 is 2.31 bits per heavy atom. The molecule has 1 aliphatic rings. The van der Waals surface area contributed by atoms with Crippen molar-refractivity contribution in [2.75, 3.05) is 11.9 Å². The first-order valence-electron chi connectivity index (χ1n) is 9.37. The van der Waals surface area contributed by atoms with Gasteiger partial charge in [0.25, 0.3) is 0 Å². The number of carbonyl (C=O) groups is 4. The zero-order valence-electron chi connectivity index (χ0n) is 17.5. The second-order valence-electron chi connectivity index (χ2n) is 6.86. The van der Waals surface area contributed by atoms with Gasteiger partial charge in [-0.3, -0.25) is 29.1 Å². The van der Waals surface area contributed by atoms with Gasteiger partial charge in [-0.2, -0.15) is 9.97 Å². The molecule has 3 heterocycles. The van der Waals surface area contributed by atoms with Crippen LogP contribution in [0.1, 0.15) is 33.9 Å². The number of amides is 1. The van der Waals surface area contributed by atoms with Crippen LogP contribution in [-0.4, -0.2) is 68.3 Å². The molecule has 0 bridgehead atoms. The third-order valence-corrected chi connectivity index (χ3v) is 4.54. The van der Waals surface area contributed by atoms with Crippen molar-refractivity contribution in [2.24, 2.45) is 0 Å². The standard InChI is InChI=1S/C18H20ClN5O8/c1-7(25)21-18-22-15(19)12-16(23-18)24(6-20-12)17-14(31-10(4)28)13(30-9(3)27)11(32-17)5-29-8(2)26/h6,11,13-14,17H,5H2,1-4H3,(H,21,22,23,25). The van der Waals surface area contributed by atoms with Crippen LogP contribution in [0.4, 0.5) is 5.95 Å². The number of aromatic nitrogens is 4. The fraction of sp³-hybridized carbons (Fsp3) is 0.500. The molecular formula is C18H20ClN5O8. The first-order chi connectivity index (χ1) is 15.1. The van der Waals surface area contributed by atoms with E-state index in [1.807, 2.05) is 0 Å². The number of hydrogen-bond donors (Lipinski definition) is 1. The van der Waals surface area contributed by atoms with Crippen LogP contribution in [0.2, 0.25) is 5.15 Å². The Labute approximate surface area is 186 Å². The number of imidazole rings is 1. The van der Waals surface area contributed by atoms with Crippen LogP contribution in [0.3, 0.4) is 0 Å². The van der Waals surface area contributed by atoms with Crippen molar-refractivity contribution in [1.29, 1.82) is 0 Å². The third kappa shape index (κ3) is 5.11. The number of nitrogens with zero attached hydrogens (tertiary/aromatic N) is 4. The van der Waals surface area contributed by atoms with Crippen molar-refractivity contribution < 1.29 is 38.1 Å². The van der Waals surface area contributed by atoms with Crippen LogP contribution >= 0.6 is 11.6 Å². The molecule has 2 aromatic heterocycles. The Morgan fingerprint density at radius 2 is 1.72 bits per heavy atom. The summed E-state index contributed by atoms with van der Waals surface area (Å²) in [5.74, 6) is -2.39. The van der Waals surface area contributed by atoms with Crippen LogP contribution < -0.4 is 5.32 Å². The van der Waals surface area contributed by atoms with Crippen molar-refractivity contribution in [3.8, 4) is 0 Å². The quantitative estimate of drug-likeness (QED) is 0.361. The summed E-state index contributed by atoms with van der Waals surface area (Å²) in [6, 6.07) is 0. The van der Waals surface area contributed by atoms with Crippen molar-refractivity contribution >= 4 is 52.5 Å². The van der Waals surface area contributed by atoms with Gasteiger partial charge in [0, 0.05) is 27.7 Å². The summed E-state index contributed by atoms with van der Waals surface area (Å²) in [6.45, 7) is 4.59. The van der Waals surface area contributed by atoms with E-state index >= 15 is 0 Å². The molecule has 1 saturated heterocycles. The van der Waals surface area contributed by atoms with Gasteiger partial charge in [-0.05, 0) is 0 Å². The Hall–Kier alpha value is -3.32. The number of hydrogen-bond acceptors (Lipinski definition) is 11. The number of esters is 3. The van der Waals surface area contributed by atoms with Crippen LogP contribution in [0, 0.1) is 0 Å². The van der Waals surface area contributed by atoms with Crippen molar-refractivity contribution in [1.82, 2.24) is 19.5 Å². The number of anilines is 1. The van der Waals surface area contributed by atoms with E-state index in [2.05, 4.69) is 20.3 Å². The molecule has 0 spiro atoms. The topological polar surface area (TPSA) is 161 Å². The van der Waals surface area contributed by atoms with Crippen molar-refractivity contribution in [3.05, 3.63) is 11.5 Å². The number of carbonyl (C=O) groups excluding carboxylic acids is 4. The molecule has 1 aliphatic heterocycles. The van der Waals surface area contributed by atoms with E-state index in [1.54, 1.807) is 0 Å². The van der Waals surface area contributed by atoms with Gasteiger partial charge in [-0.15, -0.1) is 0 Å². The molecule has 172 valence electrons. The van der Waals surface area contributed by atoms with Crippen LogP contribution in [0.5, 0.6) is 0 Å². The first-order valence-corrected chi connectivity index (χ1v) is 9.75. The second-order valence-corrected chi connectivity index (χ2v) is 7.22. The van der Waals surface area contributed by atoms with E-state index in [0.717, 1.165) is 0 Å². The van der Waals surface area contributed by atoms with Gasteiger partial charge in [0.05, 0.1) is 6.33 Å². The number of halogens is 1. The Bertz CT molecular complexity index is 1070. The molecule has 4 unspecified atom stereocenters. The summed E-state index contributed by atoms with van der Waals surface area (Å²) < 4.78 is 23.1. The largest absolute Gasteiger partial charge is 0.463 e. The van der Waals surface area contributed by atoms with Gasteiger partial charge >= 0.3 is 17.9 Å². The van der Waals surface area contributed by atoms with E-state index in [-0.39, 0.29) is 28.9 Å². The fourth-order valence-electron chi connectivity index (χ4n) is 3.20. The molecule has 14 heteroatoms. The number of nitrogens with one attached hydrogen (secondary N) is 1. The normalized spacial score (nSPS) is 22.4. The van der Waals surface area contributed by atoms with E-state index in [9.17, 15) is 19.2 Å². The van der Waals surface area contributed by atoms with Crippen LogP contribution in [-0.2, 0) is 38.1 Å². The molecule has 1 amide bonds. The maximum atomic E-state index is 11.8. The minimum Gasteiger partial charge on any atom is -0.463 e. The molecule has 1 fully saturated rings.